The summed E-state index contributed by atoms with van der Waals surface area (Å²) in [5, 5.41) is 6.15. The first kappa shape index (κ1) is 73.7. The van der Waals surface area contributed by atoms with E-state index >= 15 is 0 Å². The normalized spacial score (nSPS) is 15.2. The van der Waals surface area contributed by atoms with E-state index < -0.39 is 12.1 Å². The van der Waals surface area contributed by atoms with Gasteiger partial charge in [-0.25, -0.2) is 0 Å². The molecule has 2 saturated heterocycles. The summed E-state index contributed by atoms with van der Waals surface area (Å²) >= 11 is 0. The van der Waals surface area contributed by atoms with E-state index in [0.717, 1.165) is 117 Å². The average molecular weight is 1130 g/mol. The molecular weight excluding hydrogens is 1000 g/mol. The van der Waals surface area contributed by atoms with Crippen molar-refractivity contribution in [2.45, 2.75) is 272 Å². The van der Waals surface area contributed by atoms with Crippen LogP contribution in [0.4, 0.5) is 0 Å². The minimum absolute atomic E-state index is 0.0402. The summed E-state index contributed by atoms with van der Waals surface area (Å²) in [4.78, 5) is 64.0. The monoisotopic (exact) mass is 1130 g/mol. The molecule has 2 rings (SSSR count). The zero-order valence-corrected chi connectivity index (χ0v) is 53.1. The molecule has 0 radical (unpaired) electrons. The lowest BCUT2D eigenvalue weighted by Gasteiger charge is -2.35. The second kappa shape index (κ2) is 52.2. The Morgan fingerprint density at radius 1 is 0.400 bits per heavy atom. The fourth-order valence-corrected chi connectivity index (χ4v) is 11.6. The molecular formula is C66H128N6O8. The number of ether oxygens (including phenoxy) is 4. The molecule has 470 valence electrons. The topological polar surface area (TPSA) is 142 Å². The molecule has 2 aliphatic heterocycles. The zero-order chi connectivity index (χ0) is 57.9. The maximum atomic E-state index is 13.9. The average Bonchev–Trinajstić information content (AvgIpc) is 3.47. The molecule has 2 aliphatic rings. The Hall–Kier alpha value is -2.36. The highest BCUT2D eigenvalue weighted by Crippen LogP contribution is 2.20. The first-order valence-corrected chi connectivity index (χ1v) is 34.0. The first-order valence-electron chi connectivity index (χ1n) is 34.0. The molecule has 0 spiro atoms. The van der Waals surface area contributed by atoms with Crippen LogP contribution >= 0.6 is 0 Å². The Labute approximate surface area is 492 Å². The second-order valence-electron chi connectivity index (χ2n) is 24.4. The highest BCUT2D eigenvalue weighted by molar-refractivity contribution is 5.88. The number of hydrogen-bond acceptors (Lipinski definition) is 10. The van der Waals surface area contributed by atoms with Gasteiger partial charge in [0.1, 0.15) is 12.1 Å². The molecule has 0 aliphatic carbocycles. The lowest BCUT2D eigenvalue weighted by atomic mass is 9.99. The van der Waals surface area contributed by atoms with E-state index in [-0.39, 0.29) is 35.5 Å². The summed E-state index contributed by atoms with van der Waals surface area (Å²) in [6.45, 7) is 24.2. The van der Waals surface area contributed by atoms with Crippen molar-refractivity contribution in [2.24, 2.45) is 11.8 Å². The van der Waals surface area contributed by atoms with Gasteiger partial charge < -0.3 is 39.4 Å². The van der Waals surface area contributed by atoms with E-state index in [1.807, 2.05) is 37.5 Å². The van der Waals surface area contributed by atoms with Crippen LogP contribution in [0.5, 0.6) is 0 Å². The van der Waals surface area contributed by atoms with Crippen molar-refractivity contribution in [2.75, 3.05) is 118 Å². The Bertz CT molecular complexity index is 1360. The maximum Gasteiger partial charge on any atom is 0.243 e. The van der Waals surface area contributed by atoms with Crippen LogP contribution in [0.25, 0.3) is 0 Å². The predicted octanol–water partition coefficient (Wildman–Crippen LogP) is 12.9. The molecule has 0 saturated carbocycles. The van der Waals surface area contributed by atoms with Gasteiger partial charge in [-0.05, 0) is 37.5 Å². The third-order valence-corrected chi connectivity index (χ3v) is 16.5. The van der Waals surface area contributed by atoms with E-state index in [4.69, 9.17) is 18.9 Å². The summed E-state index contributed by atoms with van der Waals surface area (Å²) in [7, 11) is 0. The summed E-state index contributed by atoms with van der Waals surface area (Å²) in [5.74, 6) is -0.183. The molecule has 4 amide bonds. The zero-order valence-electron chi connectivity index (χ0n) is 53.1. The van der Waals surface area contributed by atoms with E-state index in [9.17, 15) is 19.2 Å². The van der Waals surface area contributed by atoms with Crippen molar-refractivity contribution in [1.82, 2.24) is 30.2 Å². The van der Waals surface area contributed by atoms with Crippen molar-refractivity contribution in [1.29, 1.82) is 0 Å². The third kappa shape index (κ3) is 38.5. The Morgan fingerprint density at radius 3 is 0.950 bits per heavy atom. The largest absolute Gasteiger partial charge is 0.379 e. The molecule has 2 fully saturated rings. The Balaban J connectivity index is 1.74. The molecule has 0 aromatic carbocycles. The van der Waals surface area contributed by atoms with Crippen LogP contribution in [0.3, 0.4) is 0 Å². The minimum atomic E-state index is -0.545. The van der Waals surface area contributed by atoms with Crippen molar-refractivity contribution >= 4 is 23.6 Å². The van der Waals surface area contributed by atoms with Crippen LogP contribution in [-0.4, -0.2) is 174 Å². The van der Waals surface area contributed by atoms with E-state index in [1.54, 1.807) is 0 Å². The molecule has 2 unspecified atom stereocenters. The van der Waals surface area contributed by atoms with E-state index in [1.165, 1.54) is 154 Å². The summed E-state index contributed by atoms with van der Waals surface area (Å²) < 4.78 is 22.8. The minimum Gasteiger partial charge on any atom is -0.379 e. The third-order valence-electron chi connectivity index (χ3n) is 16.5. The van der Waals surface area contributed by atoms with Gasteiger partial charge in [0.05, 0.1) is 52.9 Å². The van der Waals surface area contributed by atoms with Gasteiger partial charge >= 0.3 is 0 Å². The lowest BCUT2D eigenvalue weighted by Crippen LogP contribution is -2.53. The highest BCUT2D eigenvalue weighted by Gasteiger charge is 2.33. The second-order valence-corrected chi connectivity index (χ2v) is 24.4. The van der Waals surface area contributed by atoms with Crippen LogP contribution < -0.4 is 10.6 Å². The van der Waals surface area contributed by atoms with Gasteiger partial charge in [-0.3, -0.25) is 29.0 Å². The van der Waals surface area contributed by atoms with Crippen molar-refractivity contribution < 1.29 is 38.1 Å². The number of nitrogens with one attached hydrogen (secondary N) is 2. The number of morpholine rings is 2. The Kier molecular flexibility index (Phi) is 48.1. The molecule has 14 nitrogen and oxygen atoms in total. The quantitative estimate of drug-likeness (QED) is 0.0565. The number of carbonyl (C=O) groups is 4. The standard InChI is InChI=1S/C66H128N6O8/c1-7-9-11-13-15-17-19-21-23-25-27-29-31-33-35-39-61(73)71(45-37-43-69-47-53-79-54-48-69)63(59(3)4)65(75)67-41-51-77-57-58-78-52-42-68-66(76)64(60(5)6)72(46-38-44-70-49-55-80-56-50-70)62(74)40-36-34-32-30-28-26-24-22-20-18-16-14-12-10-8-2/h59-60,63-64H,7-58H2,1-6H3,(H,67,75)(H,68,76). The molecule has 80 heavy (non-hydrogen) atoms. The van der Waals surface area contributed by atoms with Gasteiger partial charge in [0, 0.05) is 78.3 Å². The van der Waals surface area contributed by atoms with Gasteiger partial charge in [0.2, 0.25) is 23.6 Å². The maximum absolute atomic E-state index is 13.9. The number of rotatable bonds is 55. The number of hydrogen-bond donors (Lipinski definition) is 2. The van der Waals surface area contributed by atoms with Crippen LogP contribution in [0, 0.1) is 11.8 Å². The molecule has 0 aromatic heterocycles. The fourth-order valence-electron chi connectivity index (χ4n) is 11.6. The Morgan fingerprint density at radius 2 is 0.675 bits per heavy atom. The summed E-state index contributed by atoms with van der Waals surface area (Å²) in [6.07, 6.45) is 41.1. The molecule has 14 heteroatoms. The molecule has 2 heterocycles. The van der Waals surface area contributed by atoms with Crippen molar-refractivity contribution in [3.05, 3.63) is 0 Å². The summed E-state index contributed by atoms with van der Waals surface area (Å²) in [6, 6.07) is -1.09. The molecule has 2 N–H and O–H groups in total. The number of carbonyl (C=O) groups excluding carboxylic acids is 4. The molecule has 2 atom stereocenters. The van der Waals surface area contributed by atoms with Gasteiger partial charge in [0.15, 0.2) is 0 Å². The van der Waals surface area contributed by atoms with Crippen LogP contribution in [0.15, 0.2) is 0 Å². The highest BCUT2D eigenvalue weighted by atomic mass is 16.5. The van der Waals surface area contributed by atoms with Gasteiger partial charge in [0.25, 0.3) is 0 Å². The van der Waals surface area contributed by atoms with Gasteiger partial charge in [-0.15, -0.1) is 0 Å². The number of unbranched alkanes of at least 4 members (excludes halogenated alkanes) is 28. The van der Waals surface area contributed by atoms with Crippen molar-refractivity contribution in [3.63, 3.8) is 0 Å². The fraction of sp³-hybridized carbons (Fsp3) is 0.939. The van der Waals surface area contributed by atoms with Crippen LogP contribution in [-0.2, 0) is 38.1 Å². The lowest BCUT2D eigenvalue weighted by molar-refractivity contribution is -0.142. The van der Waals surface area contributed by atoms with Gasteiger partial charge in [-0.2, -0.15) is 0 Å². The first-order chi connectivity index (χ1) is 39.1. The molecule has 0 aromatic rings. The van der Waals surface area contributed by atoms with Gasteiger partial charge in [-0.1, -0.05) is 221 Å². The summed E-state index contributed by atoms with van der Waals surface area (Å²) in [5.41, 5.74) is 0. The SMILES string of the molecule is CCCCCCCCCCCCCCCCCC(=O)N(CCCN1CCOCC1)C(C(=O)NCCOCCOCCNC(=O)C(C(C)C)N(CCCN1CCOCC1)C(=O)CCCCCCCCCCCCCCCCC)C(C)C. The smallest absolute Gasteiger partial charge is 0.243 e. The predicted molar refractivity (Wildman–Crippen MR) is 331 cm³/mol. The van der Waals surface area contributed by atoms with Crippen LogP contribution in [0.2, 0.25) is 0 Å². The van der Waals surface area contributed by atoms with E-state index in [2.05, 4.69) is 34.3 Å². The molecule has 0 bridgehead atoms. The number of nitrogens with zero attached hydrogens (tertiary/aromatic N) is 4. The number of amides is 4. The van der Waals surface area contributed by atoms with Crippen molar-refractivity contribution in [3.8, 4) is 0 Å². The van der Waals surface area contributed by atoms with E-state index in [0.29, 0.717) is 65.4 Å². The van der Waals surface area contributed by atoms with Crippen LogP contribution in [0.1, 0.15) is 260 Å².